The Morgan fingerprint density at radius 1 is 0.889 bits per heavy atom. The highest BCUT2D eigenvalue weighted by Crippen LogP contribution is 2.52. The lowest BCUT2D eigenvalue weighted by Crippen LogP contribution is -2.34. The number of phosphoric ester groups is 1. The van der Waals surface area contributed by atoms with Gasteiger partial charge in [0.25, 0.3) is 7.82 Å². The second-order valence-electron chi connectivity index (χ2n) is 18.7. The molecular formula is C47H64B5N3O14P2S. The van der Waals surface area contributed by atoms with Crippen LogP contribution in [0.2, 0.25) is 0 Å². The number of hydrogen-bond donors (Lipinski definition) is 1. The lowest BCUT2D eigenvalue weighted by Gasteiger charge is -2.31. The molecule has 11 unspecified atom stereocenters. The van der Waals surface area contributed by atoms with Crippen LogP contribution in [0.15, 0.2) is 66.7 Å². The Morgan fingerprint density at radius 2 is 1.57 bits per heavy atom. The van der Waals surface area contributed by atoms with E-state index in [1.54, 1.807) is 11.8 Å². The Morgan fingerprint density at radius 3 is 2.31 bits per heavy atom. The third-order valence-electron chi connectivity index (χ3n) is 12.4. The van der Waals surface area contributed by atoms with Crippen molar-refractivity contribution < 1.29 is 69.9 Å². The van der Waals surface area contributed by atoms with Crippen molar-refractivity contribution in [2.75, 3.05) is 56.0 Å². The molecule has 4 aliphatic heterocycles. The number of aromatic nitrogens is 1. The Kier molecular flexibility index (Phi) is 21.4. The maximum atomic E-state index is 14.8. The molecule has 17 nitrogen and oxygen atoms in total. The fourth-order valence-electron chi connectivity index (χ4n) is 8.87. The molecule has 3 saturated heterocycles. The topological polar surface area (TPSA) is 186 Å². The van der Waals surface area contributed by atoms with E-state index in [9.17, 15) is 18.8 Å². The minimum atomic E-state index is -4.97. The second kappa shape index (κ2) is 26.9. The van der Waals surface area contributed by atoms with Crippen LogP contribution in [0.25, 0.3) is 17.0 Å². The van der Waals surface area contributed by atoms with Crippen molar-refractivity contribution in [3.8, 4) is 5.75 Å². The largest absolute Gasteiger partial charge is 0.756 e. The molecule has 11 atom stereocenters. The highest BCUT2D eigenvalue weighted by molar-refractivity contribution is 7.99. The Hall–Kier alpha value is -2.61. The van der Waals surface area contributed by atoms with Gasteiger partial charge in [0, 0.05) is 83.9 Å². The first-order valence-electron chi connectivity index (χ1n) is 24.6. The molecule has 2 aromatic carbocycles. The van der Waals surface area contributed by atoms with E-state index in [0.29, 0.717) is 12.2 Å². The molecule has 0 saturated carbocycles. The summed E-state index contributed by atoms with van der Waals surface area (Å²) in [5.41, 5.74) is 3.19. The number of ether oxygens (including phenoxy) is 6. The van der Waals surface area contributed by atoms with Crippen molar-refractivity contribution in [1.29, 1.82) is 0 Å². The van der Waals surface area contributed by atoms with Crippen molar-refractivity contribution in [3.05, 3.63) is 72.2 Å². The van der Waals surface area contributed by atoms with Gasteiger partial charge in [-0.3, -0.25) is 13.9 Å². The van der Waals surface area contributed by atoms with E-state index in [2.05, 4.69) is 40.4 Å². The summed E-state index contributed by atoms with van der Waals surface area (Å²) in [6.45, 7) is 7.56. The standard InChI is InChI=1S/C47H64B5N3O14P2S/c1-30(2)60-27-40-38(24-43(48)64-40)69-71(58,59)62-29-42-39(26-45(52-50)66-42)68-70(57,61-28-41-37(63-31(3)4)25-44(51-49)65-41)20-17-53-46(56)16-22-72-21-10-18-55-19-15-32(33-11-6-7-12-34(33)55)23-47-54(5)35-13-8-9-14-36(35)67-47/h6-9,11-15,19,23,30-31,37-45H,10,16-18,20-22,24-29H2,1-5H3,(H-,53,56,58,59). The van der Waals surface area contributed by atoms with Gasteiger partial charge in [-0.15, -0.1) is 0 Å². The molecular weight excluding hydrogens is 979 g/mol. The van der Waals surface area contributed by atoms with Crippen molar-refractivity contribution in [1.82, 2.24) is 5.32 Å². The van der Waals surface area contributed by atoms with Gasteiger partial charge in [-0.2, -0.15) is 16.3 Å². The normalized spacial score (nSPS) is 27.3. The maximum absolute atomic E-state index is 14.8. The minimum Gasteiger partial charge on any atom is -0.756 e. The van der Waals surface area contributed by atoms with Crippen LogP contribution in [0.5, 0.6) is 5.75 Å². The highest BCUT2D eigenvalue weighted by Gasteiger charge is 2.44. The summed E-state index contributed by atoms with van der Waals surface area (Å²) >= 11 is 1.68. The molecule has 1 aromatic heterocycles. The van der Waals surface area contributed by atoms with Crippen LogP contribution in [0.1, 0.15) is 65.4 Å². The smallest absolute Gasteiger partial charge is 0.332 e. The predicted octanol–water partition coefficient (Wildman–Crippen LogP) is 4.36. The van der Waals surface area contributed by atoms with E-state index in [4.69, 9.17) is 69.8 Å². The van der Waals surface area contributed by atoms with Crippen molar-refractivity contribution in [3.63, 3.8) is 0 Å². The van der Waals surface area contributed by atoms with Gasteiger partial charge in [0.05, 0.1) is 81.9 Å². The average Bonchev–Trinajstić information content (AvgIpc) is 4.11. The molecule has 3 aromatic rings. The Bertz CT molecular complexity index is 2380. The summed E-state index contributed by atoms with van der Waals surface area (Å²) in [6, 6.07) is 16.5. The van der Waals surface area contributed by atoms with Gasteiger partial charge in [0.2, 0.25) is 17.3 Å². The van der Waals surface area contributed by atoms with E-state index in [0.717, 1.165) is 52.5 Å². The number of aryl methyl sites for hydroxylation is 1. The number of thioether (sulfide) groups is 1. The zero-order valence-corrected chi connectivity index (χ0v) is 44.3. The SMILES string of the molecule is [B][B]C1CC(OC(C)C)C(COP(=O)(CCNC(=O)CCSCCC[n+]2ccc(/C=C3\Oc4ccccc4N3C)c3ccccc32)OC2CC([B][B])OC2COP(=O)([O-])OC2CC([B])OC2COC(C)C)O1. The molecule has 4 aliphatic rings. The number of benzene rings is 2. The predicted molar refractivity (Wildman–Crippen MR) is 279 cm³/mol. The fraction of sp³-hybridized carbons (Fsp3) is 0.617. The van der Waals surface area contributed by atoms with E-state index >= 15 is 0 Å². The number of carbonyl (C=O) groups is 1. The fourth-order valence-corrected chi connectivity index (χ4v) is 12.4. The van der Waals surface area contributed by atoms with Gasteiger partial charge in [0.1, 0.15) is 32.7 Å². The first-order valence-corrected chi connectivity index (χ1v) is 29.0. The molecule has 3 fully saturated rings. The molecule has 72 heavy (non-hydrogen) atoms. The zero-order valence-electron chi connectivity index (χ0n) is 41.7. The lowest BCUT2D eigenvalue weighted by atomic mass is 9.51. The van der Waals surface area contributed by atoms with E-state index in [1.165, 1.54) is 14.3 Å². The highest BCUT2D eigenvalue weighted by atomic mass is 32.2. The summed E-state index contributed by atoms with van der Waals surface area (Å²) in [6.07, 6.45) is 0.714. The van der Waals surface area contributed by atoms with Gasteiger partial charge >= 0.3 is 7.60 Å². The van der Waals surface area contributed by atoms with Gasteiger partial charge in [-0.25, -0.2) is 0 Å². The van der Waals surface area contributed by atoms with Gasteiger partial charge in [0.15, 0.2) is 11.9 Å². The summed E-state index contributed by atoms with van der Waals surface area (Å²) in [5, 5.41) is 3.98. The molecule has 0 spiro atoms. The van der Waals surface area contributed by atoms with E-state index in [-0.39, 0.29) is 63.3 Å². The quantitative estimate of drug-likeness (QED) is 0.0468. The average molecular weight is 1040 g/mol. The number of pyridine rings is 1. The number of nitrogens with zero attached hydrogens (tertiary/aromatic N) is 2. The van der Waals surface area contributed by atoms with Gasteiger partial charge in [-0.1, -0.05) is 24.3 Å². The number of amides is 1. The molecule has 0 bridgehead atoms. The van der Waals surface area contributed by atoms with Gasteiger partial charge in [-0.05, 0) is 76.5 Å². The first kappa shape index (κ1) is 57.1. The summed E-state index contributed by atoms with van der Waals surface area (Å²) < 4.78 is 88.7. The molecule has 7 rings (SSSR count). The summed E-state index contributed by atoms with van der Waals surface area (Å²) in [4.78, 5) is 28.3. The van der Waals surface area contributed by atoms with Crippen molar-refractivity contribution in [2.24, 2.45) is 0 Å². The number of para-hydroxylation sites is 3. The lowest BCUT2D eigenvalue weighted by molar-refractivity contribution is -0.671. The first-order chi connectivity index (χ1) is 34.5. The minimum absolute atomic E-state index is 0.0404. The van der Waals surface area contributed by atoms with E-state index < -0.39 is 76.7 Å². The number of rotatable bonds is 28. The number of anilines is 1. The van der Waals surface area contributed by atoms with Crippen LogP contribution in [0.3, 0.4) is 0 Å². The van der Waals surface area contributed by atoms with Crippen LogP contribution in [-0.2, 0) is 62.2 Å². The van der Waals surface area contributed by atoms with Crippen LogP contribution >= 0.6 is 27.2 Å². The third kappa shape index (κ3) is 16.2. The van der Waals surface area contributed by atoms with Crippen LogP contribution < -0.4 is 24.4 Å². The summed E-state index contributed by atoms with van der Waals surface area (Å²) in [7, 11) is 13.3. The van der Waals surface area contributed by atoms with Crippen LogP contribution in [-0.4, -0.2) is 161 Å². The van der Waals surface area contributed by atoms with Crippen molar-refractivity contribution >= 4 is 93.4 Å². The molecule has 25 heteroatoms. The van der Waals surface area contributed by atoms with Crippen LogP contribution in [0.4, 0.5) is 5.69 Å². The number of nitrogens with one attached hydrogen (secondary N) is 1. The molecule has 8 radical (unpaired) electrons. The van der Waals surface area contributed by atoms with E-state index in [1.807, 2.05) is 76.0 Å². The molecule has 382 valence electrons. The van der Waals surface area contributed by atoms with Gasteiger partial charge < -0.3 is 61.6 Å². The molecule has 0 aliphatic carbocycles. The summed E-state index contributed by atoms with van der Waals surface area (Å²) in [5.74, 6) is 2.79. The molecule has 1 amide bonds. The molecule has 1 N–H and O–H groups in total. The Balaban J connectivity index is 0.909. The molecule has 5 heterocycles. The second-order valence-corrected chi connectivity index (χ2v) is 23.4. The van der Waals surface area contributed by atoms with Crippen molar-refractivity contribution in [2.45, 2.75) is 133 Å². The maximum Gasteiger partial charge on any atom is 0.332 e. The number of carbonyl (C=O) groups excluding carboxylic acids is 1. The van der Waals surface area contributed by atoms with Crippen LogP contribution in [0, 0.1) is 0 Å². The number of fused-ring (bicyclic) bond motifs is 2. The monoisotopic (exact) mass is 1040 g/mol. The number of phosphoric acid groups is 1. The number of hydrogen-bond acceptors (Lipinski definition) is 16. The zero-order chi connectivity index (χ0) is 51.4. The Labute approximate surface area is 433 Å². The third-order valence-corrected chi connectivity index (χ3v) is 16.4.